The Morgan fingerprint density at radius 1 is 1.18 bits per heavy atom. The molecular weight excluding hydrogens is 368 g/mol. The Morgan fingerprint density at radius 2 is 1.95 bits per heavy atom. The molecule has 0 unspecified atom stereocenters. The molecule has 0 aliphatic rings. The van der Waals surface area contributed by atoms with Crippen LogP contribution in [-0.2, 0) is 5.41 Å². The van der Waals surface area contributed by atoms with E-state index in [9.17, 15) is 4.39 Å². The van der Waals surface area contributed by atoms with E-state index in [2.05, 4.69) is 42.1 Å². The summed E-state index contributed by atoms with van der Waals surface area (Å²) < 4.78 is 15.8. The number of aromatic nitrogens is 2. The fraction of sp³-hybridized carbons (Fsp3) is 0.250. The van der Waals surface area contributed by atoms with E-state index in [0.29, 0.717) is 5.69 Å². The van der Waals surface area contributed by atoms with Crippen molar-refractivity contribution in [2.24, 2.45) is 0 Å². The van der Waals surface area contributed by atoms with Gasteiger partial charge in [-0.05, 0) is 0 Å². The van der Waals surface area contributed by atoms with E-state index in [1.54, 1.807) is 18.5 Å². The molecule has 3 aromatic rings. The van der Waals surface area contributed by atoms with Crippen LogP contribution < -0.4 is 5.32 Å². The molecule has 2 heterocycles. The third kappa shape index (κ3) is 3.02. The average Bonchev–Trinajstić information content (AvgIpc) is 2.88. The summed E-state index contributed by atoms with van der Waals surface area (Å²) in [5, 5.41) is 3.32. The molecule has 0 saturated heterocycles. The predicted molar refractivity (Wildman–Crippen MR) is 89.9 cm³/mol. The molecule has 0 saturated carbocycles. The summed E-state index contributed by atoms with van der Waals surface area (Å²) in [5.74, 6) is 0.337. The molecule has 22 heavy (non-hydrogen) atoms. The zero-order valence-electron chi connectivity index (χ0n) is 12.4. The maximum atomic E-state index is 13.2. The van der Waals surface area contributed by atoms with Crippen LogP contribution in [0.5, 0.6) is 0 Å². The van der Waals surface area contributed by atoms with Crippen LogP contribution in [-0.4, -0.2) is 24.5 Å². The summed E-state index contributed by atoms with van der Waals surface area (Å²) in [5.41, 5.74) is 1.81. The molecular formula is C16H15ClFN3Se. The molecule has 1 aromatic carbocycles. The molecule has 0 fully saturated rings. The molecule has 0 aliphatic carbocycles. The van der Waals surface area contributed by atoms with Crippen LogP contribution in [0.1, 0.15) is 25.2 Å². The fourth-order valence-corrected chi connectivity index (χ4v) is 4.54. The second-order valence-electron chi connectivity index (χ2n) is 6.05. The average molecular weight is 383 g/mol. The number of hydrogen-bond acceptors (Lipinski definition) is 3. The molecule has 0 aliphatic heterocycles. The van der Waals surface area contributed by atoms with Gasteiger partial charge in [0.05, 0.1) is 0 Å². The van der Waals surface area contributed by atoms with Crippen LogP contribution in [0.25, 0.3) is 9.78 Å². The van der Waals surface area contributed by atoms with Gasteiger partial charge in [-0.25, -0.2) is 0 Å². The van der Waals surface area contributed by atoms with Crippen molar-refractivity contribution in [2.75, 3.05) is 5.32 Å². The molecule has 3 rings (SSSR count). The zero-order chi connectivity index (χ0) is 15.9. The number of nitrogens with one attached hydrogen (secondary N) is 1. The molecule has 6 heteroatoms. The predicted octanol–water partition coefficient (Wildman–Crippen LogP) is 4.52. The Hall–Kier alpha value is -1.42. The van der Waals surface area contributed by atoms with E-state index in [-0.39, 0.29) is 24.9 Å². The fourth-order valence-electron chi connectivity index (χ4n) is 2.02. The molecule has 0 radical (unpaired) electrons. The first-order valence-corrected chi connectivity index (χ1v) is 8.91. The summed E-state index contributed by atoms with van der Waals surface area (Å²) in [6, 6.07) is 6.71. The molecule has 2 aromatic heterocycles. The normalized spacial score (nSPS) is 11.9. The Bertz CT molecular complexity index is 839. The van der Waals surface area contributed by atoms with E-state index < -0.39 is 5.82 Å². The first kappa shape index (κ1) is 15.5. The van der Waals surface area contributed by atoms with Gasteiger partial charge < -0.3 is 0 Å². The van der Waals surface area contributed by atoms with Crippen molar-refractivity contribution < 1.29 is 4.39 Å². The molecule has 0 amide bonds. The van der Waals surface area contributed by atoms with E-state index >= 15 is 0 Å². The quantitative estimate of drug-likeness (QED) is 0.662. The van der Waals surface area contributed by atoms with Crippen molar-refractivity contribution in [1.82, 2.24) is 9.97 Å². The summed E-state index contributed by atoms with van der Waals surface area (Å²) in [7, 11) is 0. The van der Waals surface area contributed by atoms with Crippen LogP contribution in [0, 0.1) is 5.82 Å². The van der Waals surface area contributed by atoms with Gasteiger partial charge in [-0.2, -0.15) is 0 Å². The van der Waals surface area contributed by atoms with Crippen LogP contribution in [0.3, 0.4) is 0 Å². The van der Waals surface area contributed by atoms with E-state index in [0.717, 1.165) is 15.6 Å². The first-order valence-electron chi connectivity index (χ1n) is 6.82. The minimum absolute atomic E-state index is 0.0923. The van der Waals surface area contributed by atoms with Gasteiger partial charge in [0.25, 0.3) is 0 Å². The Labute approximate surface area is 139 Å². The maximum absolute atomic E-state index is 13.2. The first-order chi connectivity index (χ1) is 10.3. The van der Waals surface area contributed by atoms with Gasteiger partial charge in [-0.15, -0.1) is 0 Å². The summed E-state index contributed by atoms with van der Waals surface area (Å²) in [6.45, 7) is 6.60. The van der Waals surface area contributed by atoms with Gasteiger partial charge in [-0.1, -0.05) is 0 Å². The van der Waals surface area contributed by atoms with E-state index in [1.807, 2.05) is 0 Å². The van der Waals surface area contributed by atoms with Crippen molar-refractivity contribution in [3.8, 4) is 0 Å². The molecule has 0 atom stereocenters. The molecule has 0 bridgehead atoms. The number of nitrogens with zero attached hydrogens (tertiary/aromatic N) is 2. The van der Waals surface area contributed by atoms with Crippen molar-refractivity contribution >= 4 is 47.4 Å². The monoisotopic (exact) mass is 383 g/mol. The van der Waals surface area contributed by atoms with Crippen LogP contribution in [0.2, 0.25) is 5.02 Å². The number of hydrogen-bond donors (Lipinski definition) is 1. The minimum atomic E-state index is -0.430. The molecule has 1 N–H and O–H groups in total. The van der Waals surface area contributed by atoms with Crippen molar-refractivity contribution in [1.29, 1.82) is 0 Å². The second-order valence-corrected chi connectivity index (χ2v) is 8.67. The molecule has 3 nitrogen and oxygen atoms in total. The van der Waals surface area contributed by atoms with Crippen LogP contribution >= 0.6 is 11.6 Å². The number of benzene rings is 1. The van der Waals surface area contributed by atoms with Gasteiger partial charge in [0.2, 0.25) is 0 Å². The Morgan fingerprint density at radius 3 is 2.64 bits per heavy atom. The van der Waals surface area contributed by atoms with Gasteiger partial charge >= 0.3 is 139 Å². The summed E-state index contributed by atoms with van der Waals surface area (Å²) in [4.78, 5) is 8.70. The third-order valence-electron chi connectivity index (χ3n) is 3.23. The van der Waals surface area contributed by atoms with Crippen molar-refractivity contribution in [3.63, 3.8) is 0 Å². The molecule has 114 valence electrons. The van der Waals surface area contributed by atoms with Gasteiger partial charge in [-0.3, -0.25) is 0 Å². The van der Waals surface area contributed by atoms with Crippen LogP contribution in [0.4, 0.5) is 15.9 Å². The summed E-state index contributed by atoms with van der Waals surface area (Å²) in [6.07, 6.45) is 1.55. The standard InChI is InChI=1S/C16H15ClFN3Se/c1-16(2,3)13-7-12-14(22-13)15(20-8-19-12)21-9-4-5-11(18)10(17)6-9/h4-8H,1-3H3,(H,19,20,21). The number of halogens is 2. The number of rotatable bonds is 2. The number of anilines is 2. The van der Waals surface area contributed by atoms with Crippen LogP contribution in [0.15, 0.2) is 30.6 Å². The van der Waals surface area contributed by atoms with E-state index in [1.165, 1.54) is 10.5 Å². The number of fused-ring (bicyclic) bond motifs is 1. The third-order valence-corrected chi connectivity index (χ3v) is 6.79. The zero-order valence-corrected chi connectivity index (χ0v) is 14.9. The van der Waals surface area contributed by atoms with Crippen molar-refractivity contribution in [3.05, 3.63) is 45.9 Å². The SMILES string of the molecule is CC(C)(C)c1cc2ncnc(Nc3ccc(F)c(Cl)c3)c2[se]1. The molecule has 0 spiro atoms. The van der Waals surface area contributed by atoms with Crippen molar-refractivity contribution in [2.45, 2.75) is 26.2 Å². The Kier molecular flexibility index (Phi) is 3.98. The van der Waals surface area contributed by atoms with Gasteiger partial charge in [0.15, 0.2) is 0 Å². The van der Waals surface area contributed by atoms with Gasteiger partial charge in [0.1, 0.15) is 0 Å². The van der Waals surface area contributed by atoms with Gasteiger partial charge in [0, 0.05) is 0 Å². The topological polar surface area (TPSA) is 37.8 Å². The second kappa shape index (κ2) is 5.65. The Balaban J connectivity index is 2.03. The van der Waals surface area contributed by atoms with E-state index in [4.69, 9.17) is 11.6 Å². The summed E-state index contributed by atoms with van der Waals surface area (Å²) >= 11 is 6.01.